The van der Waals surface area contributed by atoms with Crippen LogP contribution in [0.3, 0.4) is 0 Å². The zero-order valence-corrected chi connectivity index (χ0v) is 14.2. The summed E-state index contributed by atoms with van der Waals surface area (Å²) in [7, 11) is 0. The fourth-order valence-corrected chi connectivity index (χ4v) is 3.06. The van der Waals surface area contributed by atoms with Crippen molar-refractivity contribution in [3.63, 3.8) is 0 Å². The molecule has 5 nitrogen and oxygen atoms in total. The Balaban J connectivity index is 1.70. The third-order valence-corrected chi connectivity index (χ3v) is 4.28. The van der Waals surface area contributed by atoms with Crippen molar-refractivity contribution < 1.29 is 14.2 Å². The second-order valence-corrected chi connectivity index (χ2v) is 6.07. The van der Waals surface area contributed by atoms with Crippen LogP contribution < -0.4 is 4.74 Å². The highest BCUT2D eigenvalue weighted by molar-refractivity contribution is 5.95. The number of fused-ring (bicyclic) bond motifs is 1. The van der Waals surface area contributed by atoms with Crippen LogP contribution in [0.4, 0.5) is 10.1 Å². The van der Waals surface area contributed by atoms with Gasteiger partial charge in [0, 0.05) is 5.39 Å². The van der Waals surface area contributed by atoms with Crippen molar-refractivity contribution in [2.75, 3.05) is 0 Å². The first-order valence-corrected chi connectivity index (χ1v) is 8.31. The van der Waals surface area contributed by atoms with Crippen molar-refractivity contribution >= 4 is 16.6 Å². The van der Waals surface area contributed by atoms with E-state index < -0.39 is 5.82 Å². The summed E-state index contributed by atoms with van der Waals surface area (Å²) < 4.78 is 20.9. The van der Waals surface area contributed by atoms with E-state index >= 15 is 0 Å². The average Bonchev–Trinajstić information content (AvgIpc) is 2.93. The molecule has 0 aliphatic rings. The molecule has 0 aliphatic carbocycles. The number of aromatic nitrogens is 1. The van der Waals surface area contributed by atoms with Gasteiger partial charge in [-0.05, 0) is 53.2 Å². The van der Waals surface area contributed by atoms with Gasteiger partial charge in [-0.25, -0.2) is 4.39 Å². The minimum Gasteiger partial charge on any atom is -0.493 e. The Morgan fingerprint density at radius 1 is 0.963 bits per heavy atom. The van der Waals surface area contributed by atoms with Crippen LogP contribution in [0.25, 0.3) is 10.9 Å². The van der Waals surface area contributed by atoms with Crippen LogP contribution in [-0.2, 0) is 6.54 Å². The molecule has 4 aromatic rings. The van der Waals surface area contributed by atoms with E-state index in [-0.39, 0.29) is 23.5 Å². The van der Waals surface area contributed by atoms with Gasteiger partial charge in [0.05, 0.1) is 12.1 Å². The summed E-state index contributed by atoms with van der Waals surface area (Å²) in [6.07, 6.45) is 0. The smallest absolute Gasteiger partial charge is 0.222 e. The summed E-state index contributed by atoms with van der Waals surface area (Å²) in [6, 6.07) is 20.8. The predicted molar refractivity (Wildman–Crippen MR) is 101 cm³/mol. The molecule has 0 amide bonds. The summed E-state index contributed by atoms with van der Waals surface area (Å²) in [6.45, 7) is 0.273. The Labute approximate surface area is 154 Å². The summed E-state index contributed by atoms with van der Waals surface area (Å²) in [4.78, 5) is 11.1. The van der Waals surface area contributed by atoms with Gasteiger partial charge in [-0.15, -0.1) is 4.91 Å². The van der Waals surface area contributed by atoms with Gasteiger partial charge in [0.25, 0.3) is 0 Å². The van der Waals surface area contributed by atoms with Gasteiger partial charge in [-0.1, -0.05) is 30.3 Å². The Hall–Kier alpha value is -3.67. The molecule has 0 saturated carbocycles. The molecule has 0 spiro atoms. The highest BCUT2D eigenvalue weighted by Gasteiger charge is 2.18. The molecule has 3 aromatic carbocycles. The third-order valence-electron chi connectivity index (χ3n) is 4.28. The van der Waals surface area contributed by atoms with Crippen molar-refractivity contribution in [2.24, 2.45) is 5.18 Å². The first kappa shape index (κ1) is 16.8. The molecule has 0 unspecified atom stereocenters. The lowest BCUT2D eigenvalue weighted by atomic mass is 10.2. The quantitative estimate of drug-likeness (QED) is 0.462. The monoisotopic (exact) mass is 362 g/mol. The standard InChI is InChI=1S/C21H15FN2O3/c22-15-9-10-19-18(12-15)20(23-26)21(25)24(19)13-14-5-4-8-17(11-14)27-16-6-2-1-3-7-16/h1-12,25H,13H2. The topological polar surface area (TPSA) is 63.8 Å². The fraction of sp³-hybridized carbons (Fsp3) is 0.0476. The predicted octanol–water partition coefficient (Wildman–Crippen LogP) is 5.72. The Morgan fingerprint density at radius 3 is 2.52 bits per heavy atom. The Morgan fingerprint density at radius 2 is 1.74 bits per heavy atom. The molecule has 0 atom stereocenters. The van der Waals surface area contributed by atoms with E-state index in [1.807, 2.05) is 54.6 Å². The molecule has 134 valence electrons. The zero-order valence-electron chi connectivity index (χ0n) is 14.2. The summed E-state index contributed by atoms with van der Waals surface area (Å²) in [5, 5.41) is 13.5. The van der Waals surface area contributed by atoms with Crippen molar-refractivity contribution in [1.29, 1.82) is 0 Å². The molecule has 0 aliphatic heterocycles. The second kappa shape index (κ2) is 6.92. The molecule has 0 saturated heterocycles. The second-order valence-electron chi connectivity index (χ2n) is 6.07. The van der Waals surface area contributed by atoms with Gasteiger partial charge in [-0.3, -0.25) is 0 Å². The van der Waals surface area contributed by atoms with Crippen LogP contribution in [-0.4, -0.2) is 9.67 Å². The van der Waals surface area contributed by atoms with E-state index in [0.717, 1.165) is 5.56 Å². The maximum Gasteiger partial charge on any atom is 0.222 e. The van der Waals surface area contributed by atoms with E-state index in [1.54, 1.807) is 0 Å². The first-order chi connectivity index (χ1) is 13.2. The first-order valence-electron chi connectivity index (χ1n) is 8.31. The number of ether oxygens (including phenoxy) is 1. The largest absolute Gasteiger partial charge is 0.493 e. The van der Waals surface area contributed by atoms with Crippen LogP contribution in [0.15, 0.2) is 78.0 Å². The van der Waals surface area contributed by atoms with Gasteiger partial charge in [-0.2, -0.15) is 0 Å². The van der Waals surface area contributed by atoms with Gasteiger partial charge in [0.15, 0.2) is 5.69 Å². The minimum absolute atomic E-state index is 0.166. The zero-order chi connectivity index (χ0) is 18.8. The van der Waals surface area contributed by atoms with E-state index in [1.165, 1.54) is 22.8 Å². The van der Waals surface area contributed by atoms with Gasteiger partial charge in [0.1, 0.15) is 17.3 Å². The lowest BCUT2D eigenvalue weighted by molar-refractivity contribution is 0.429. The summed E-state index contributed by atoms with van der Waals surface area (Å²) in [5.41, 5.74) is 1.21. The summed E-state index contributed by atoms with van der Waals surface area (Å²) >= 11 is 0. The molecule has 0 radical (unpaired) electrons. The average molecular weight is 362 g/mol. The molecule has 0 bridgehead atoms. The Bertz CT molecular complexity index is 1120. The number of para-hydroxylation sites is 1. The van der Waals surface area contributed by atoms with Gasteiger partial charge in [0.2, 0.25) is 5.88 Å². The molecule has 4 rings (SSSR count). The van der Waals surface area contributed by atoms with Crippen molar-refractivity contribution in [3.8, 4) is 17.4 Å². The fourth-order valence-electron chi connectivity index (χ4n) is 3.06. The SMILES string of the molecule is O=Nc1c(O)n(Cc2cccc(Oc3ccccc3)c2)c2ccc(F)cc12. The van der Waals surface area contributed by atoms with Crippen LogP contribution in [0, 0.1) is 10.7 Å². The Kier molecular flexibility index (Phi) is 4.30. The number of nitroso groups, excluding NO2 is 1. The maximum atomic E-state index is 13.5. The van der Waals surface area contributed by atoms with E-state index in [2.05, 4.69) is 5.18 Å². The summed E-state index contributed by atoms with van der Waals surface area (Å²) in [5.74, 6) is 0.573. The number of hydrogen-bond acceptors (Lipinski definition) is 4. The highest BCUT2D eigenvalue weighted by atomic mass is 19.1. The molecule has 6 heteroatoms. The lowest BCUT2D eigenvalue weighted by Gasteiger charge is -2.10. The number of rotatable bonds is 5. The van der Waals surface area contributed by atoms with Gasteiger partial charge < -0.3 is 14.4 Å². The molecular formula is C21H15FN2O3. The normalized spacial score (nSPS) is 10.9. The third kappa shape index (κ3) is 3.25. The van der Waals surface area contributed by atoms with Crippen LogP contribution in [0.1, 0.15) is 5.56 Å². The number of aromatic hydroxyl groups is 1. The van der Waals surface area contributed by atoms with Crippen molar-refractivity contribution in [3.05, 3.63) is 89.1 Å². The molecular weight excluding hydrogens is 347 g/mol. The molecule has 27 heavy (non-hydrogen) atoms. The molecule has 1 N–H and O–H groups in total. The molecule has 0 fully saturated rings. The maximum absolute atomic E-state index is 13.5. The number of benzene rings is 3. The van der Waals surface area contributed by atoms with Crippen molar-refractivity contribution in [1.82, 2.24) is 4.57 Å². The van der Waals surface area contributed by atoms with Crippen LogP contribution in [0.5, 0.6) is 17.4 Å². The van der Waals surface area contributed by atoms with Crippen molar-refractivity contribution in [2.45, 2.75) is 6.54 Å². The van der Waals surface area contributed by atoms with Gasteiger partial charge >= 0.3 is 0 Å². The molecule has 1 heterocycles. The van der Waals surface area contributed by atoms with E-state index in [9.17, 15) is 14.4 Å². The van der Waals surface area contributed by atoms with E-state index in [0.29, 0.717) is 17.0 Å². The van der Waals surface area contributed by atoms with Crippen LogP contribution in [0.2, 0.25) is 0 Å². The minimum atomic E-state index is -0.497. The van der Waals surface area contributed by atoms with Crippen LogP contribution >= 0.6 is 0 Å². The lowest BCUT2D eigenvalue weighted by Crippen LogP contribution is -1.99. The molecule has 1 aromatic heterocycles. The van der Waals surface area contributed by atoms with E-state index in [4.69, 9.17) is 4.74 Å². The highest BCUT2D eigenvalue weighted by Crippen LogP contribution is 2.39. The number of halogens is 1. The number of nitrogens with zero attached hydrogens (tertiary/aromatic N) is 2. The number of hydrogen-bond donors (Lipinski definition) is 1.